The van der Waals surface area contributed by atoms with E-state index in [1.165, 1.54) is 37.4 Å². The van der Waals surface area contributed by atoms with Gasteiger partial charge in [-0.25, -0.2) is 9.78 Å². The second-order valence-electron chi connectivity index (χ2n) is 6.15. The van der Waals surface area contributed by atoms with Gasteiger partial charge in [-0.05, 0) is 36.2 Å². The summed E-state index contributed by atoms with van der Waals surface area (Å²) < 4.78 is 4.65. The monoisotopic (exact) mass is 389 g/mol. The highest BCUT2D eigenvalue weighted by molar-refractivity contribution is 6.34. The van der Waals surface area contributed by atoms with Gasteiger partial charge in [0.25, 0.3) is 11.8 Å². The summed E-state index contributed by atoms with van der Waals surface area (Å²) in [5.41, 5.74) is 0.664. The van der Waals surface area contributed by atoms with Crippen LogP contribution in [-0.2, 0) is 4.74 Å². The number of nitrogens with zero attached hydrogens (tertiary/aromatic N) is 1. The third kappa shape index (κ3) is 5.52. The Hall–Kier alpha value is -2.93. The number of hydrogen-bond acceptors (Lipinski definition) is 5. The fraction of sp³-hybridized carbons (Fsp3) is 0.263. The number of nitrogens with one attached hydrogen (secondary N) is 2. The zero-order valence-electron chi connectivity index (χ0n) is 15.2. The van der Waals surface area contributed by atoms with E-state index in [-0.39, 0.29) is 33.6 Å². The fourth-order valence-electron chi connectivity index (χ4n) is 2.13. The molecule has 2 N–H and O–H groups in total. The molecule has 0 spiro atoms. The van der Waals surface area contributed by atoms with Crippen molar-refractivity contribution in [2.75, 3.05) is 19.0 Å². The van der Waals surface area contributed by atoms with Crippen molar-refractivity contribution in [3.05, 3.63) is 58.4 Å². The maximum atomic E-state index is 12.5. The summed E-state index contributed by atoms with van der Waals surface area (Å²) in [4.78, 5) is 40.3. The minimum Gasteiger partial charge on any atom is -0.465 e. The van der Waals surface area contributed by atoms with Crippen molar-refractivity contribution in [3.8, 4) is 0 Å². The highest BCUT2D eigenvalue weighted by Gasteiger charge is 2.15. The first-order valence-electron chi connectivity index (χ1n) is 8.26. The first-order valence-corrected chi connectivity index (χ1v) is 8.64. The molecule has 0 unspecified atom stereocenters. The zero-order chi connectivity index (χ0) is 20.0. The third-order valence-electron chi connectivity index (χ3n) is 3.52. The van der Waals surface area contributed by atoms with E-state index in [0.29, 0.717) is 12.5 Å². The van der Waals surface area contributed by atoms with Gasteiger partial charge in [-0.2, -0.15) is 0 Å². The highest BCUT2D eigenvalue weighted by Crippen LogP contribution is 2.24. The van der Waals surface area contributed by atoms with Crippen molar-refractivity contribution >= 4 is 35.1 Å². The van der Waals surface area contributed by atoms with E-state index in [1.54, 1.807) is 6.07 Å². The van der Waals surface area contributed by atoms with Crippen molar-refractivity contribution < 1.29 is 19.1 Å². The van der Waals surface area contributed by atoms with Crippen molar-refractivity contribution in [1.82, 2.24) is 10.3 Å². The van der Waals surface area contributed by atoms with E-state index in [0.717, 1.165) is 0 Å². The number of amides is 2. The third-order valence-corrected chi connectivity index (χ3v) is 3.85. The van der Waals surface area contributed by atoms with Crippen molar-refractivity contribution in [2.24, 2.45) is 5.92 Å². The van der Waals surface area contributed by atoms with E-state index in [9.17, 15) is 14.4 Å². The predicted molar refractivity (Wildman–Crippen MR) is 102 cm³/mol. The summed E-state index contributed by atoms with van der Waals surface area (Å²) in [6.45, 7) is 4.46. The number of rotatable bonds is 6. The molecule has 1 aromatic heterocycles. The summed E-state index contributed by atoms with van der Waals surface area (Å²) >= 11 is 6.08. The van der Waals surface area contributed by atoms with Crippen LogP contribution in [0, 0.1) is 5.92 Å². The highest BCUT2D eigenvalue weighted by atomic mass is 35.5. The molecule has 2 aromatic rings. The number of carbonyl (C=O) groups is 3. The molecule has 0 aliphatic heterocycles. The van der Waals surface area contributed by atoms with Gasteiger partial charge in [-0.3, -0.25) is 9.59 Å². The van der Waals surface area contributed by atoms with E-state index in [4.69, 9.17) is 11.6 Å². The molecule has 1 heterocycles. The molecule has 0 radical (unpaired) electrons. The molecule has 0 aliphatic rings. The number of carbonyl (C=O) groups excluding carboxylic acids is 3. The van der Waals surface area contributed by atoms with Crippen LogP contribution in [-0.4, -0.2) is 36.4 Å². The average Bonchev–Trinajstić information content (AvgIpc) is 2.67. The smallest absolute Gasteiger partial charge is 0.337 e. The molecule has 2 rings (SSSR count). The number of esters is 1. The Morgan fingerprint density at radius 3 is 2.41 bits per heavy atom. The van der Waals surface area contributed by atoms with Crippen LogP contribution in [0.15, 0.2) is 36.4 Å². The number of halogens is 1. The SMILES string of the molecule is COC(=O)c1ccc(Cl)c(NC(=O)c2cccc(C(=O)NCC(C)C)n2)c1. The van der Waals surface area contributed by atoms with Crippen LogP contribution in [0.25, 0.3) is 0 Å². The normalized spacial score (nSPS) is 10.4. The number of aromatic nitrogens is 1. The topological polar surface area (TPSA) is 97.4 Å². The lowest BCUT2D eigenvalue weighted by molar-refractivity contribution is 0.0600. The van der Waals surface area contributed by atoms with Crippen molar-refractivity contribution in [2.45, 2.75) is 13.8 Å². The summed E-state index contributed by atoms with van der Waals surface area (Å²) in [6.07, 6.45) is 0. The van der Waals surface area contributed by atoms with Crippen LogP contribution in [0.3, 0.4) is 0 Å². The molecule has 142 valence electrons. The molecule has 0 saturated carbocycles. The standard InChI is InChI=1S/C19H20ClN3O4/c1-11(2)10-21-17(24)14-5-4-6-15(22-14)18(25)23-16-9-12(19(26)27-3)7-8-13(16)20/h4-9,11H,10H2,1-3H3,(H,21,24)(H,23,25). The van der Waals surface area contributed by atoms with E-state index >= 15 is 0 Å². The number of hydrogen-bond donors (Lipinski definition) is 2. The first kappa shape index (κ1) is 20.4. The van der Waals surface area contributed by atoms with Crippen LogP contribution >= 0.6 is 11.6 Å². The second-order valence-corrected chi connectivity index (χ2v) is 6.56. The molecular formula is C19H20ClN3O4. The maximum absolute atomic E-state index is 12.5. The summed E-state index contributed by atoms with van der Waals surface area (Å²) in [6, 6.07) is 8.95. The second kappa shape index (κ2) is 9.14. The fourth-order valence-corrected chi connectivity index (χ4v) is 2.29. The Morgan fingerprint density at radius 1 is 1.11 bits per heavy atom. The molecular weight excluding hydrogens is 370 g/mol. The van der Waals surface area contributed by atoms with Crippen molar-refractivity contribution in [1.29, 1.82) is 0 Å². The Labute approximate surface area is 162 Å². The molecule has 0 saturated heterocycles. The lowest BCUT2D eigenvalue weighted by Gasteiger charge is -2.10. The zero-order valence-corrected chi connectivity index (χ0v) is 16.0. The molecule has 0 fully saturated rings. The Morgan fingerprint density at radius 2 is 1.78 bits per heavy atom. The molecule has 2 amide bonds. The largest absolute Gasteiger partial charge is 0.465 e. The minimum absolute atomic E-state index is 0.0479. The van der Waals surface area contributed by atoms with Crippen LogP contribution in [0.4, 0.5) is 5.69 Å². The first-order chi connectivity index (χ1) is 12.8. The van der Waals surface area contributed by atoms with E-state index in [2.05, 4.69) is 20.4 Å². The average molecular weight is 390 g/mol. The van der Waals surface area contributed by atoms with Gasteiger partial charge in [0.1, 0.15) is 11.4 Å². The number of methoxy groups -OCH3 is 1. The van der Waals surface area contributed by atoms with Gasteiger partial charge in [0.2, 0.25) is 0 Å². The van der Waals surface area contributed by atoms with Crippen LogP contribution in [0.2, 0.25) is 5.02 Å². The number of benzene rings is 1. The van der Waals surface area contributed by atoms with Crippen LogP contribution in [0.1, 0.15) is 45.2 Å². The molecule has 8 heteroatoms. The molecule has 27 heavy (non-hydrogen) atoms. The molecule has 7 nitrogen and oxygen atoms in total. The number of anilines is 1. The van der Waals surface area contributed by atoms with Crippen LogP contribution in [0.5, 0.6) is 0 Å². The van der Waals surface area contributed by atoms with Gasteiger partial charge in [-0.1, -0.05) is 31.5 Å². The van der Waals surface area contributed by atoms with Gasteiger partial charge in [0.15, 0.2) is 0 Å². The quantitative estimate of drug-likeness (QED) is 0.739. The van der Waals surface area contributed by atoms with Gasteiger partial charge >= 0.3 is 5.97 Å². The Kier molecular flexibility index (Phi) is 6.90. The van der Waals surface area contributed by atoms with E-state index < -0.39 is 11.9 Å². The van der Waals surface area contributed by atoms with Crippen molar-refractivity contribution in [3.63, 3.8) is 0 Å². The van der Waals surface area contributed by atoms with E-state index in [1.807, 2.05) is 13.8 Å². The van der Waals surface area contributed by atoms with Crippen LogP contribution < -0.4 is 10.6 Å². The van der Waals surface area contributed by atoms with Gasteiger partial charge < -0.3 is 15.4 Å². The summed E-state index contributed by atoms with van der Waals surface area (Å²) in [5, 5.41) is 5.59. The molecule has 0 atom stereocenters. The predicted octanol–water partition coefficient (Wildman–Crippen LogP) is 3.16. The lowest BCUT2D eigenvalue weighted by atomic mass is 10.2. The van der Waals surface area contributed by atoms with Gasteiger partial charge in [0.05, 0.1) is 23.4 Å². The number of pyridine rings is 1. The Bertz CT molecular complexity index is 868. The Balaban J connectivity index is 2.18. The number of ether oxygens (including phenoxy) is 1. The molecule has 1 aromatic carbocycles. The minimum atomic E-state index is -0.558. The summed E-state index contributed by atoms with van der Waals surface area (Å²) in [5.74, 6) is -1.17. The molecule has 0 bridgehead atoms. The lowest BCUT2D eigenvalue weighted by Crippen LogP contribution is -2.28. The molecule has 0 aliphatic carbocycles. The maximum Gasteiger partial charge on any atom is 0.337 e. The summed E-state index contributed by atoms with van der Waals surface area (Å²) in [7, 11) is 1.26. The van der Waals surface area contributed by atoms with Gasteiger partial charge in [0, 0.05) is 6.54 Å². The van der Waals surface area contributed by atoms with Gasteiger partial charge in [-0.15, -0.1) is 0 Å².